The van der Waals surface area contributed by atoms with E-state index in [1.54, 1.807) is 10.8 Å². The van der Waals surface area contributed by atoms with Gasteiger partial charge in [0.05, 0.1) is 6.54 Å². The summed E-state index contributed by atoms with van der Waals surface area (Å²) in [6.07, 6.45) is 1.79. The van der Waals surface area contributed by atoms with Crippen molar-refractivity contribution in [2.75, 3.05) is 0 Å². The van der Waals surface area contributed by atoms with Crippen LogP contribution in [0.5, 0.6) is 0 Å². The van der Waals surface area contributed by atoms with Gasteiger partial charge in [-0.3, -0.25) is 9.55 Å². The molecule has 0 amide bonds. The number of nitrogens with zero attached hydrogens (tertiary/aromatic N) is 1. The molecule has 0 bridgehead atoms. The monoisotopic (exact) mass is 232 g/mol. The van der Waals surface area contributed by atoms with Gasteiger partial charge >= 0.3 is 5.69 Å². The van der Waals surface area contributed by atoms with Gasteiger partial charge in [0.15, 0.2) is 0 Å². The van der Waals surface area contributed by atoms with Crippen molar-refractivity contribution in [2.45, 2.75) is 13.5 Å². The molecule has 0 saturated heterocycles. The summed E-state index contributed by atoms with van der Waals surface area (Å²) in [5.74, 6) is 0. The second kappa shape index (κ2) is 4.45. The molecule has 16 heavy (non-hydrogen) atoms. The minimum atomic E-state index is -0.167. The van der Waals surface area contributed by atoms with E-state index >= 15 is 0 Å². The van der Waals surface area contributed by atoms with Crippen LogP contribution in [0, 0.1) is 11.6 Å². The lowest BCUT2D eigenvalue weighted by Crippen LogP contribution is -2.23. The Kier molecular flexibility index (Phi) is 3.01. The van der Waals surface area contributed by atoms with Crippen LogP contribution in [-0.2, 0) is 6.54 Å². The molecule has 0 aliphatic rings. The van der Waals surface area contributed by atoms with Gasteiger partial charge in [0, 0.05) is 11.8 Å². The Balaban J connectivity index is 2.40. The Labute approximate surface area is 98.4 Å². The first-order valence-electron chi connectivity index (χ1n) is 5.01. The highest BCUT2D eigenvalue weighted by atomic mass is 32.1. The van der Waals surface area contributed by atoms with Gasteiger partial charge in [0.1, 0.15) is 4.64 Å². The van der Waals surface area contributed by atoms with Gasteiger partial charge < -0.3 is 0 Å². The van der Waals surface area contributed by atoms with E-state index in [0.29, 0.717) is 11.2 Å². The van der Waals surface area contributed by atoms with Crippen LogP contribution in [0.25, 0.3) is 0 Å². The number of aromatic amines is 1. The SMILES string of the molecule is Cc1cn(Cc2ccccc2)c(=O)[nH]c1=S. The predicted molar refractivity (Wildman–Crippen MR) is 66.2 cm³/mol. The molecular formula is C12H12N2OS. The van der Waals surface area contributed by atoms with Crippen molar-refractivity contribution >= 4 is 12.2 Å². The summed E-state index contributed by atoms with van der Waals surface area (Å²) >= 11 is 5.00. The fourth-order valence-electron chi connectivity index (χ4n) is 1.52. The van der Waals surface area contributed by atoms with Crippen molar-refractivity contribution in [1.82, 2.24) is 9.55 Å². The first-order chi connectivity index (χ1) is 7.66. The quantitative estimate of drug-likeness (QED) is 0.806. The van der Waals surface area contributed by atoms with Gasteiger partial charge in [-0.2, -0.15) is 0 Å². The molecule has 0 aliphatic carbocycles. The third-order valence-electron chi connectivity index (χ3n) is 2.38. The number of nitrogens with one attached hydrogen (secondary N) is 1. The lowest BCUT2D eigenvalue weighted by atomic mass is 10.2. The van der Waals surface area contributed by atoms with E-state index in [-0.39, 0.29) is 5.69 Å². The van der Waals surface area contributed by atoms with Gasteiger partial charge in [0.2, 0.25) is 0 Å². The normalized spacial score (nSPS) is 10.3. The molecule has 1 N–H and O–H groups in total. The summed E-state index contributed by atoms with van der Waals surface area (Å²) < 4.78 is 2.13. The third kappa shape index (κ3) is 2.28. The fourth-order valence-corrected chi connectivity index (χ4v) is 1.66. The lowest BCUT2D eigenvalue weighted by Gasteiger charge is -2.06. The van der Waals surface area contributed by atoms with E-state index in [1.807, 2.05) is 37.3 Å². The van der Waals surface area contributed by atoms with Crippen LogP contribution in [0.15, 0.2) is 41.3 Å². The number of H-pyrrole nitrogens is 1. The van der Waals surface area contributed by atoms with Gasteiger partial charge in [-0.05, 0) is 12.5 Å². The molecule has 0 fully saturated rings. The smallest absolute Gasteiger partial charge is 0.298 e. The molecule has 1 aromatic carbocycles. The molecule has 0 radical (unpaired) electrons. The highest BCUT2D eigenvalue weighted by Crippen LogP contribution is 2.01. The molecule has 2 aromatic rings. The second-order valence-electron chi connectivity index (χ2n) is 3.68. The van der Waals surface area contributed by atoms with Crippen LogP contribution in [0.4, 0.5) is 0 Å². The van der Waals surface area contributed by atoms with Crippen LogP contribution in [0.3, 0.4) is 0 Å². The largest absolute Gasteiger partial charge is 0.326 e. The number of hydrogen-bond donors (Lipinski definition) is 1. The standard InChI is InChI=1S/C12H12N2OS/c1-9-7-14(12(15)13-11(9)16)8-10-5-3-2-4-6-10/h2-7H,8H2,1H3,(H,13,15,16). The zero-order chi connectivity index (χ0) is 11.5. The van der Waals surface area contributed by atoms with E-state index in [4.69, 9.17) is 12.2 Å². The molecule has 0 spiro atoms. The molecular weight excluding hydrogens is 220 g/mol. The molecule has 3 nitrogen and oxygen atoms in total. The van der Waals surface area contributed by atoms with E-state index in [0.717, 1.165) is 11.1 Å². The minimum Gasteiger partial charge on any atom is -0.298 e. The Morgan fingerprint density at radius 1 is 1.31 bits per heavy atom. The topological polar surface area (TPSA) is 37.8 Å². The summed E-state index contributed by atoms with van der Waals surface area (Å²) in [5.41, 5.74) is 1.83. The van der Waals surface area contributed by atoms with Crippen LogP contribution < -0.4 is 5.69 Å². The van der Waals surface area contributed by atoms with Gasteiger partial charge in [-0.25, -0.2) is 4.79 Å². The molecule has 0 saturated carbocycles. The van der Waals surface area contributed by atoms with Crippen LogP contribution in [-0.4, -0.2) is 9.55 Å². The second-order valence-corrected chi connectivity index (χ2v) is 4.09. The number of aromatic nitrogens is 2. The number of rotatable bonds is 2. The van der Waals surface area contributed by atoms with Crippen molar-refractivity contribution in [1.29, 1.82) is 0 Å². The van der Waals surface area contributed by atoms with Gasteiger partial charge in [0.25, 0.3) is 0 Å². The zero-order valence-corrected chi connectivity index (χ0v) is 9.75. The molecule has 0 atom stereocenters. The van der Waals surface area contributed by atoms with Crippen LogP contribution in [0.1, 0.15) is 11.1 Å². The van der Waals surface area contributed by atoms with Gasteiger partial charge in [-0.15, -0.1) is 0 Å². The van der Waals surface area contributed by atoms with Crippen molar-refractivity contribution in [3.8, 4) is 0 Å². The van der Waals surface area contributed by atoms with Crippen LogP contribution >= 0.6 is 12.2 Å². The Hall–Kier alpha value is -1.68. The highest BCUT2D eigenvalue weighted by Gasteiger charge is 1.99. The van der Waals surface area contributed by atoms with Crippen molar-refractivity contribution < 1.29 is 0 Å². The summed E-state index contributed by atoms with van der Waals surface area (Å²) in [7, 11) is 0. The molecule has 82 valence electrons. The molecule has 4 heteroatoms. The fraction of sp³-hybridized carbons (Fsp3) is 0.167. The third-order valence-corrected chi connectivity index (χ3v) is 2.81. The maximum absolute atomic E-state index is 11.6. The average molecular weight is 232 g/mol. The van der Waals surface area contributed by atoms with E-state index in [9.17, 15) is 4.79 Å². The first-order valence-corrected chi connectivity index (χ1v) is 5.42. The maximum Gasteiger partial charge on any atom is 0.326 e. The number of benzene rings is 1. The number of hydrogen-bond acceptors (Lipinski definition) is 2. The predicted octanol–water partition coefficient (Wildman–Crippen LogP) is 2.26. The summed E-state index contributed by atoms with van der Waals surface area (Å²) in [4.78, 5) is 14.3. The van der Waals surface area contributed by atoms with Crippen molar-refractivity contribution in [3.05, 3.63) is 62.8 Å². The maximum atomic E-state index is 11.6. The lowest BCUT2D eigenvalue weighted by molar-refractivity contribution is 0.718. The zero-order valence-electron chi connectivity index (χ0n) is 8.93. The summed E-state index contributed by atoms with van der Waals surface area (Å²) in [5, 5.41) is 0. The molecule has 0 unspecified atom stereocenters. The van der Waals surface area contributed by atoms with Crippen LogP contribution in [0.2, 0.25) is 0 Å². The van der Waals surface area contributed by atoms with E-state index < -0.39 is 0 Å². The molecule has 2 rings (SSSR count). The average Bonchev–Trinajstić information content (AvgIpc) is 2.27. The van der Waals surface area contributed by atoms with Crippen molar-refractivity contribution in [2.24, 2.45) is 0 Å². The molecule has 1 aromatic heterocycles. The minimum absolute atomic E-state index is 0.167. The highest BCUT2D eigenvalue weighted by molar-refractivity contribution is 7.71. The molecule has 0 aliphatic heterocycles. The Morgan fingerprint density at radius 3 is 2.69 bits per heavy atom. The Morgan fingerprint density at radius 2 is 2.00 bits per heavy atom. The molecule has 1 heterocycles. The van der Waals surface area contributed by atoms with Crippen molar-refractivity contribution in [3.63, 3.8) is 0 Å². The Bertz CT molecular complexity index is 598. The van der Waals surface area contributed by atoms with Gasteiger partial charge in [-0.1, -0.05) is 42.5 Å². The van der Waals surface area contributed by atoms with E-state index in [1.165, 1.54) is 0 Å². The van der Waals surface area contributed by atoms with E-state index in [2.05, 4.69) is 4.98 Å². The number of aryl methyl sites for hydroxylation is 1. The summed E-state index contributed by atoms with van der Waals surface area (Å²) in [6.45, 7) is 2.45. The first kappa shape index (κ1) is 10.8. The summed E-state index contributed by atoms with van der Waals surface area (Å²) in [6, 6.07) is 9.85.